The van der Waals surface area contributed by atoms with Gasteiger partial charge in [-0.05, 0) is 37.8 Å². The van der Waals surface area contributed by atoms with E-state index in [9.17, 15) is 4.79 Å². The highest BCUT2D eigenvalue weighted by Gasteiger charge is 2.42. The van der Waals surface area contributed by atoms with Crippen molar-refractivity contribution in [3.63, 3.8) is 0 Å². The quantitative estimate of drug-likeness (QED) is 0.666. The molecule has 1 fully saturated rings. The minimum atomic E-state index is -0.498. The molecule has 4 rings (SSSR count). The Kier molecular flexibility index (Phi) is 5.19. The van der Waals surface area contributed by atoms with Crippen molar-refractivity contribution in [2.45, 2.75) is 32.2 Å². The van der Waals surface area contributed by atoms with Crippen LogP contribution in [-0.4, -0.2) is 39.4 Å². The van der Waals surface area contributed by atoms with Gasteiger partial charge in [0, 0.05) is 18.8 Å². The van der Waals surface area contributed by atoms with Gasteiger partial charge in [-0.25, -0.2) is 9.67 Å². The summed E-state index contributed by atoms with van der Waals surface area (Å²) in [7, 11) is 0. The highest BCUT2D eigenvalue weighted by atomic mass is 35.5. The Balaban J connectivity index is 1.85. The second-order valence-corrected chi connectivity index (χ2v) is 8.16. The van der Waals surface area contributed by atoms with Crippen molar-refractivity contribution in [1.29, 1.82) is 0 Å². The van der Waals surface area contributed by atoms with Gasteiger partial charge in [-0.1, -0.05) is 46.9 Å². The third kappa shape index (κ3) is 3.26. The predicted molar refractivity (Wildman–Crippen MR) is 109 cm³/mol. The molecule has 1 amide bonds. The van der Waals surface area contributed by atoms with Crippen molar-refractivity contribution in [2.24, 2.45) is 10.9 Å². The molecule has 2 aromatic rings. The molecular formula is C19H19Cl3N4O. The lowest BCUT2D eigenvalue weighted by molar-refractivity contribution is -0.135. The average molecular weight is 426 g/mol. The molecule has 5 nitrogen and oxygen atoms in total. The number of halogens is 3. The molecule has 142 valence electrons. The van der Waals surface area contributed by atoms with Gasteiger partial charge in [0.1, 0.15) is 10.9 Å². The van der Waals surface area contributed by atoms with E-state index in [0.717, 1.165) is 37.9 Å². The van der Waals surface area contributed by atoms with Gasteiger partial charge >= 0.3 is 0 Å². The van der Waals surface area contributed by atoms with Crippen LogP contribution in [0.1, 0.15) is 37.8 Å². The molecule has 1 aromatic carbocycles. The fourth-order valence-corrected chi connectivity index (χ4v) is 4.53. The van der Waals surface area contributed by atoms with E-state index in [2.05, 4.69) is 10.1 Å². The van der Waals surface area contributed by atoms with E-state index in [-0.39, 0.29) is 5.91 Å². The maximum atomic E-state index is 13.5. The van der Waals surface area contributed by atoms with Crippen molar-refractivity contribution >= 4 is 52.2 Å². The summed E-state index contributed by atoms with van der Waals surface area (Å²) >= 11 is 19.1. The molecule has 0 spiro atoms. The van der Waals surface area contributed by atoms with Gasteiger partial charge in [-0.15, -0.1) is 0 Å². The van der Waals surface area contributed by atoms with Gasteiger partial charge in [0.05, 0.1) is 22.3 Å². The zero-order valence-corrected chi connectivity index (χ0v) is 17.1. The maximum absolute atomic E-state index is 13.5. The van der Waals surface area contributed by atoms with Crippen LogP contribution in [0.3, 0.4) is 0 Å². The topological polar surface area (TPSA) is 50.5 Å². The normalized spacial score (nSPS) is 22.4. The Bertz CT molecular complexity index is 918. The van der Waals surface area contributed by atoms with Gasteiger partial charge in [0.15, 0.2) is 5.82 Å². The van der Waals surface area contributed by atoms with Gasteiger partial charge < -0.3 is 4.90 Å². The molecule has 0 bridgehead atoms. The number of carbonyl (C=O) groups excluding carboxylic acids is 1. The monoisotopic (exact) mass is 424 g/mol. The number of fused-ring (bicyclic) bond motifs is 1. The summed E-state index contributed by atoms with van der Waals surface area (Å²) in [6.07, 6.45) is 4.75. The molecule has 0 N–H and O–H groups in total. The van der Waals surface area contributed by atoms with E-state index in [1.165, 1.54) is 0 Å². The first-order valence-electron chi connectivity index (χ1n) is 9.00. The van der Waals surface area contributed by atoms with Crippen molar-refractivity contribution in [2.75, 3.05) is 13.1 Å². The fraction of sp³-hybridized carbons (Fsp3) is 0.421. The molecule has 1 saturated heterocycles. The van der Waals surface area contributed by atoms with Crippen molar-refractivity contribution in [3.8, 4) is 0 Å². The number of carbonyl (C=O) groups is 1. The smallest absolute Gasteiger partial charge is 0.233 e. The number of hydrogen-bond acceptors (Lipinski definition) is 3. The lowest BCUT2D eigenvalue weighted by Crippen LogP contribution is -2.46. The summed E-state index contributed by atoms with van der Waals surface area (Å²) in [4.78, 5) is 20.0. The molecule has 2 atom stereocenters. The number of aliphatic imine (C=N–C) groups is 1. The van der Waals surface area contributed by atoms with Crippen LogP contribution in [0.15, 0.2) is 29.4 Å². The lowest BCUT2D eigenvalue weighted by atomic mass is 9.86. The minimum absolute atomic E-state index is 0.0502. The Hall–Kier alpha value is -1.56. The molecule has 8 heteroatoms. The third-order valence-electron chi connectivity index (χ3n) is 5.27. The summed E-state index contributed by atoms with van der Waals surface area (Å²) in [5, 5.41) is 5.71. The Morgan fingerprint density at radius 3 is 2.59 bits per heavy atom. The van der Waals surface area contributed by atoms with Gasteiger partial charge in [0.2, 0.25) is 5.91 Å². The molecule has 27 heavy (non-hydrogen) atoms. The number of hydrogen-bond donors (Lipinski definition) is 0. The molecule has 2 unspecified atom stereocenters. The summed E-state index contributed by atoms with van der Waals surface area (Å²) in [6, 6.07) is 5.01. The first kappa shape index (κ1) is 18.8. The number of nitrogens with zero attached hydrogens (tertiary/aromatic N) is 4. The lowest BCUT2D eigenvalue weighted by Gasteiger charge is -2.36. The number of likely N-dealkylation sites (tertiary alicyclic amines) is 1. The van der Waals surface area contributed by atoms with Crippen LogP contribution in [0.25, 0.3) is 0 Å². The molecule has 3 heterocycles. The summed E-state index contributed by atoms with van der Waals surface area (Å²) < 4.78 is 1.69. The minimum Gasteiger partial charge on any atom is -0.342 e. The maximum Gasteiger partial charge on any atom is 0.233 e. The van der Waals surface area contributed by atoms with E-state index in [1.807, 2.05) is 24.0 Å². The predicted octanol–water partition coefficient (Wildman–Crippen LogP) is 5.17. The van der Waals surface area contributed by atoms with Crippen LogP contribution in [0.2, 0.25) is 15.1 Å². The van der Waals surface area contributed by atoms with Crippen LogP contribution in [0.5, 0.6) is 0 Å². The number of amides is 1. The van der Waals surface area contributed by atoms with Crippen molar-refractivity contribution in [1.82, 2.24) is 14.7 Å². The van der Waals surface area contributed by atoms with Gasteiger partial charge in [-0.3, -0.25) is 4.79 Å². The van der Waals surface area contributed by atoms with E-state index in [0.29, 0.717) is 26.6 Å². The largest absolute Gasteiger partial charge is 0.342 e. The molecule has 0 radical (unpaired) electrons. The van der Waals surface area contributed by atoms with E-state index >= 15 is 0 Å². The van der Waals surface area contributed by atoms with E-state index < -0.39 is 12.0 Å². The van der Waals surface area contributed by atoms with E-state index in [1.54, 1.807) is 16.9 Å². The summed E-state index contributed by atoms with van der Waals surface area (Å²) in [5.41, 5.74) is 1.45. The molecule has 1 aromatic heterocycles. The van der Waals surface area contributed by atoms with Crippen LogP contribution in [0, 0.1) is 5.92 Å². The van der Waals surface area contributed by atoms with Crippen molar-refractivity contribution in [3.05, 3.63) is 45.0 Å². The average Bonchev–Trinajstić information content (AvgIpc) is 3.04. The highest BCUT2D eigenvalue weighted by Crippen LogP contribution is 2.43. The number of benzene rings is 1. The third-order valence-corrected chi connectivity index (χ3v) is 6.37. The number of rotatable bonds is 2. The molecule has 2 aliphatic heterocycles. The Morgan fingerprint density at radius 1 is 1.11 bits per heavy atom. The van der Waals surface area contributed by atoms with Gasteiger partial charge in [0.25, 0.3) is 0 Å². The molecule has 2 aliphatic rings. The zero-order valence-electron chi connectivity index (χ0n) is 14.8. The second-order valence-electron chi connectivity index (χ2n) is 6.97. The summed E-state index contributed by atoms with van der Waals surface area (Å²) in [5.74, 6) is 0.0923. The summed E-state index contributed by atoms with van der Waals surface area (Å²) in [6.45, 7) is 3.40. The first-order chi connectivity index (χ1) is 13.0. The molecule has 0 saturated carbocycles. The van der Waals surface area contributed by atoms with Crippen LogP contribution in [0.4, 0.5) is 5.82 Å². The van der Waals surface area contributed by atoms with Crippen molar-refractivity contribution < 1.29 is 4.79 Å². The standard InChI is InChI=1S/C19H19Cl3N4O/c1-11-15(19(27)25-8-3-2-4-9-25)17(12-6-5-7-13(20)16(12)22)26-18(24-11)14(21)10-23-26/h5-7,10,15,17H,2-4,8-9H2,1H3. The van der Waals surface area contributed by atoms with Crippen LogP contribution in [-0.2, 0) is 4.79 Å². The van der Waals surface area contributed by atoms with Gasteiger partial charge in [-0.2, -0.15) is 5.10 Å². The Labute approximate surface area is 172 Å². The second kappa shape index (κ2) is 7.46. The zero-order chi connectivity index (χ0) is 19.1. The van der Waals surface area contributed by atoms with Crippen LogP contribution < -0.4 is 0 Å². The fourth-order valence-electron chi connectivity index (χ4n) is 3.93. The highest BCUT2D eigenvalue weighted by molar-refractivity contribution is 6.42. The first-order valence-corrected chi connectivity index (χ1v) is 10.1. The van der Waals surface area contributed by atoms with E-state index in [4.69, 9.17) is 34.8 Å². The molecular weight excluding hydrogens is 407 g/mol. The molecule has 0 aliphatic carbocycles. The Morgan fingerprint density at radius 2 is 1.85 bits per heavy atom. The number of piperidine rings is 1. The number of aromatic nitrogens is 2. The SMILES string of the molecule is CC1=Nc2c(Cl)cnn2C(c2cccc(Cl)c2Cl)C1C(=O)N1CCCCC1. The van der Waals surface area contributed by atoms with Crippen LogP contribution >= 0.6 is 34.8 Å².